The quantitative estimate of drug-likeness (QED) is 0.737. The number of ether oxygens (including phenoxy) is 2. The molecule has 0 aliphatic carbocycles. The van der Waals surface area contributed by atoms with Crippen molar-refractivity contribution < 1.29 is 24.2 Å². The van der Waals surface area contributed by atoms with Gasteiger partial charge < -0.3 is 25.2 Å². The predicted octanol–water partition coefficient (Wildman–Crippen LogP) is 1.79. The van der Waals surface area contributed by atoms with Gasteiger partial charge in [-0.05, 0) is 30.6 Å². The van der Waals surface area contributed by atoms with Crippen molar-refractivity contribution in [3.63, 3.8) is 0 Å². The minimum atomic E-state index is -1.05. The van der Waals surface area contributed by atoms with Gasteiger partial charge in [-0.2, -0.15) is 11.8 Å². The molecule has 1 aliphatic heterocycles. The molecule has 22 heavy (non-hydrogen) atoms. The van der Waals surface area contributed by atoms with Gasteiger partial charge in [-0.25, -0.2) is 9.59 Å². The van der Waals surface area contributed by atoms with Crippen LogP contribution in [0.15, 0.2) is 18.2 Å². The van der Waals surface area contributed by atoms with Gasteiger partial charge in [0.2, 0.25) is 0 Å². The van der Waals surface area contributed by atoms with Gasteiger partial charge in [-0.15, -0.1) is 0 Å². The number of fused-ring (bicyclic) bond motifs is 1. The predicted molar refractivity (Wildman–Crippen MR) is 84.0 cm³/mol. The van der Waals surface area contributed by atoms with Gasteiger partial charge in [0.25, 0.3) is 0 Å². The van der Waals surface area contributed by atoms with Crippen LogP contribution < -0.4 is 20.1 Å². The van der Waals surface area contributed by atoms with Gasteiger partial charge in [-0.3, -0.25) is 0 Å². The number of carboxylic acid groups (broad SMARTS) is 1. The number of hydrogen-bond acceptors (Lipinski definition) is 5. The van der Waals surface area contributed by atoms with E-state index < -0.39 is 18.0 Å². The molecule has 0 spiro atoms. The highest BCUT2D eigenvalue weighted by Crippen LogP contribution is 2.32. The molecule has 0 bridgehead atoms. The number of amides is 2. The van der Waals surface area contributed by atoms with Gasteiger partial charge in [0.15, 0.2) is 11.5 Å². The van der Waals surface area contributed by atoms with E-state index in [1.165, 1.54) is 11.8 Å². The molecule has 1 aromatic rings. The van der Waals surface area contributed by atoms with Crippen molar-refractivity contribution in [2.75, 3.05) is 30.5 Å². The fourth-order valence-corrected chi connectivity index (χ4v) is 2.41. The third-order valence-corrected chi connectivity index (χ3v) is 3.66. The number of carboxylic acids is 1. The van der Waals surface area contributed by atoms with Gasteiger partial charge in [0.05, 0.1) is 0 Å². The van der Waals surface area contributed by atoms with Gasteiger partial charge in [-0.1, -0.05) is 0 Å². The molecule has 7 nitrogen and oxygen atoms in total. The number of aliphatic carboxylic acids is 1. The minimum absolute atomic E-state index is 0.366. The van der Waals surface area contributed by atoms with E-state index in [0.29, 0.717) is 42.6 Å². The van der Waals surface area contributed by atoms with E-state index in [4.69, 9.17) is 14.6 Å². The Balaban J connectivity index is 1.94. The van der Waals surface area contributed by atoms with Crippen LogP contribution in [0.5, 0.6) is 11.5 Å². The summed E-state index contributed by atoms with van der Waals surface area (Å²) in [5, 5.41) is 14.1. The Labute approximate surface area is 132 Å². The van der Waals surface area contributed by atoms with Crippen LogP contribution in [0, 0.1) is 0 Å². The highest BCUT2D eigenvalue weighted by molar-refractivity contribution is 7.98. The van der Waals surface area contributed by atoms with Crippen molar-refractivity contribution in [1.29, 1.82) is 0 Å². The smallest absolute Gasteiger partial charge is 0.326 e. The molecule has 0 fully saturated rings. The molecule has 0 aromatic heterocycles. The number of anilines is 1. The standard InChI is InChI=1S/C14H18N2O5S/c1-22-7-4-10(13(17)18)16-14(19)15-9-2-3-11-12(8-9)21-6-5-20-11/h2-3,8,10H,4-7H2,1H3,(H,17,18)(H2,15,16,19)/t10-/m1/s1. The van der Waals surface area contributed by atoms with Crippen LogP contribution in [-0.2, 0) is 4.79 Å². The van der Waals surface area contributed by atoms with E-state index in [0.717, 1.165) is 0 Å². The number of nitrogens with one attached hydrogen (secondary N) is 2. The lowest BCUT2D eigenvalue weighted by Gasteiger charge is -2.19. The summed E-state index contributed by atoms with van der Waals surface area (Å²) >= 11 is 1.53. The summed E-state index contributed by atoms with van der Waals surface area (Å²) in [6, 6.07) is 3.54. The summed E-state index contributed by atoms with van der Waals surface area (Å²) < 4.78 is 10.8. The van der Waals surface area contributed by atoms with E-state index in [-0.39, 0.29) is 0 Å². The Morgan fingerprint density at radius 1 is 1.32 bits per heavy atom. The number of thioether (sulfide) groups is 1. The molecular formula is C14H18N2O5S. The van der Waals surface area contributed by atoms with E-state index in [2.05, 4.69) is 10.6 Å². The monoisotopic (exact) mass is 326 g/mol. The zero-order valence-electron chi connectivity index (χ0n) is 12.1. The molecule has 2 rings (SSSR count). The molecule has 3 N–H and O–H groups in total. The molecule has 120 valence electrons. The first-order valence-electron chi connectivity index (χ1n) is 6.79. The molecule has 0 saturated heterocycles. The van der Waals surface area contributed by atoms with Crippen LogP contribution in [0.4, 0.5) is 10.5 Å². The van der Waals surface area contributed by atoms with Crippen LogP contribution >= 0.6 is 11.8 Å². The summed E-state index contributed by atoms with van der Waals surface area (Å²) in [6.45, 7) is 0.953. The van der Waals surface area contributed by atoms with Crippen molar-refractivity contribution in [3.8, 4) is 11.5 Å². The number of urea groups is 1. The second-order valence-electron chi connectivity index (χ2n) is 4.63. The SMILES string of the molecule is CSCC[C@@H](NC(=O)Nc1ccc2c(c1)OCCO2)C(=O)O. The molecule has 0 saturated carbocycles. The Kier molecular flexibility index (Phi) is 5.76. The first-order valence-corrected chi connectivity index (χ1v) is 8.18. The average Bonchev–Trinajstić information content (AvgIpc) is 2.51. The van der Waals surface area contributed by atoms with Crippen molar-refractivity contribution >= 4 is 29.4 Å². The summed E-state index contributed by atoms with van der Waals surface area (Å²) in [5.41, 5.74) is 0.510. The second-order valence-corrected chi connectivity index (χ2v) is 5.61. The van der Waals surface area contributed by atoms with Gasteiger partial charge >= 0.3 is 12.0 Å². The van der Waals surface area contributed by atoms with E-state index in [1.807, 2.05) is 6.26 Å². The number of hydrogen-bond donors (Lipinski definition) is 3. The molecule has 8 heteroatoms. The topological polar surface area (TPSA) is 96.9 Å². The maximum atomic E-state index is 11.9. The van der Waals surface area contributed by atoms with E-state index >= 15 is 0 Å². The van der Waals surface area contributed by atoms with Crippen LogP contribution in [0.25, 0.3) is 0 Å². The molecule has 1 heterocycles. The highest BCUT2D eigenvalue weighted by atomic mass is 32.2. The minimum Gasteiger partial charge on any atom is -0.486 e. The Hall–Kier alpha value is -2.09. The third kappa shape index (κ3) is 4.45. The lowest BCUT2D eigenvalue weighted by atomic mass is 10.2. The molecule has 1 aliphatic rings. The van der Waals surface area contributed by atoms with Gasteiger partial charge in [0.1, 0.15) is 19.3 Å². The number of rotatable bonds is 6. The first kappa shape index (κ1) is 16.3. The van der Waals surface area contributed by atoms with Gasteiger partial charge in [0, 0.05) is 11.8 Å². The zero-order chi connectivity index (χ0) is 15.9. The maximum Gasteiger partial charge on any atom is 0.326 e. The number of carbonyl (C=O) groups is 2. The second kappa shape index (κ2) is 7.79. The lowest BCUT2D eigenvalue weighted by Crippen LogP contribution is -2.43. The molecular weight excluding hydrogens is 308 g/mol. The normalized spacial score (nSPS) is 14.0. The Bertz CT molecular complexity index is 552. The first-order chi connectivity index (χ1) is 10.6. The Morgan fingerprint density at radius 3 is 2.73 bits per heavy atom. The van der Waals surface area contributed by atoms with Crippen molar-refractivity contribution in [2.45, 2.75) is 12.5 Å². The molecule has 0 unspecified atom stereocenters. The van der Waals surface area contributed by atoms with Crippen molar-refractivity contribution in [3.05, 3.63) is 18.2 Å². The largest absolute Gasteiger partial charge is 0.486 e. The van der Waals surface area contributed by atoms with Crippen LogP contribution in [0.2, 0.25) is 0 Å². The summed E-state index contributed by atoms with van der Waals surface area (Å²) in [7, 11) is 0. The summed E-state index contributed by atoms with van der Waals surface area (Å²) in [5.74, 6) is 0.787. The number of benzene rings is 1. The fraction of sp³-hybridized carbons (Fsp3) is 0.429. The third-order valence-electron chi connectivity index (χ3n) is 3.01. The highest BCUT2D eigenvalue weighted by Gasteiger charge is 2.20. The van der Waals surface area contributed by atoms with Crippen molar-refractivity contribution in [2.24, 2.45) is 0 Å². The molecule has 1 atom stereocenters. The fourth-order valence-electron chi connectivity index (χ4n) is 1.94. The number of carbonyl (C=O) groups excluding carboxylic acids is 1. The molecule has 0 radical (unpaired) electrons. The summed E-state index contributed by atoms with van der Waals surface area (Å²) in [6.07, 6.45) is 2.25. The van der Waals surface area contributed by atoms with Crippen LogP contribution in [0.3, 0.4) is 0 Å². The lowest BCUT2D eigenvalue weighted by molar-refractivity contribution is -0.139. The zero-order valence-corrected chi connectivity index (χ0v) is 12.9. The van der Waals surface area contributed by atoms with Crippen LogP contribution in [0.1, 0.15) is 6.42 Å². The van der Waals surface area contributed by atoms with E-state index in [9.17, 15) is 9.59 Å². The molecule has 1 aromatic carbocycles. The average molecular weight is 326 g/mol. The van der Waals surface area contributed by atoms with Crippen molar-refractivity contribution in [1.82, 2.24) is 5.32 Å². The van der Waals surface area contributed by atoms with E-state index in [1.54, 1.807) is 18.2 Å². The maximum absolute atomic E-state index is 11.9. The molecule has 2 amide bonds. The van der Waals surface area contributed by atoms with Crippen LogP contribution in [-0.4, -0.2) is 48.4 Å². The summed E-state index contributed by atoms with van der Waals surface area (Å²) in [4.78, 5) is 23.0. The Morgan fingerprint density at radius 2 is 2.05 bits per heavy atom.